The first kappa shape index (κ1) is 9.40. The predicted octanol–water partition coefficient (Wildman–Crippen LogP) is 2.02. The van der Waals surface area contributed by atoms with Gasteiger partial charge in [-0.15, -0.1) is 0 Å². The highest BCUT2D eigenvalue weighted by Crippen LogP contribution is 2.13. The lowest BCUT2D eigenvalue weighted by atomic mass is 10.1. The lowest BCUT2D eigenvalue weighted by molar-refractivity contribution is 0.103. The van der Waals surface area contributed by atoms with Crippen LogP contribution in [0.3, 0.4) is 0 Å². The second kappa shape index (κ2) is 3.92. The molecule has 1 N–H and O–H groups in total. The second-order valence-corrected chi connectivity index (χ2v) is 3.09. The van der Waals surface area contributed by atoms with Crippen molar-refractivity contribution in [1.82, 2.24) is 4.98 Å². The lowest BCUT2D eigenvalue weighted by Crippen LogP contribution is -2.02. The van der Waals surface area contributed by atoms with Crippen LogP contribution in [-0.4, -0.2) is 15.9 Å². The summed E-state index contributed by atoms with van der Waals surface area (Å²) in [7, 11) is 0. The number of carbonyl (C=O) groups is 1. The van der Waals surface area contributed by atoms with Gasteiger partial charge in [0.1, 0.15) is 11.4 Å². The van der Waals surface area contributed by atoms with Crippen LogP contribution in [0.1, 0.15) is 16.1 Å². The van der Waals surface area contributed by atoms with Gasteiger partial charge in [-0.25, -0.2) is 0 Å². The van der Waals surface area contributed by atoms with Crippen LogP contribution in [0.25, 0.3) is 0 Å². The Balaban J connectivity index is 2.37. The van der Waals surface area contributed by atoms with Crippen LogP contribution >= 0.6 is 0 Å². The van der Waals surface area contributed by atoms with E-state index in [1.165, 1.54) is 12.1 Å². The van der Waals surface area contributed by atoms with Gasteiger partial charge in [0.05, 0.1) is 0 Å². The molecule has 0 aliphatic heterocycles. The second-order valence-electron chi connectivity index (χ2n) is 3.09. The van der Waals surface area contributed by atoms with E-state index in [-0.39, 0.29) is 11.5 Å². The molecule has 1 aromatic heterocycles. The number of aromatic nitrogens is 1. The van der Waals surface area contributed by atoms with Gasteiger partial charge in [-0.1, -0.05) is 18.2 Å². The number of rotatable bonds is 2. The maximum absolute atomic E-state index is 11.8. The topological polar surface area (TPSA) is 50.2 Å². The molecule has 3 nitrogen and oxygen atoms in total. The van der Waals surface area contributed by atoms with Crippen LogP contribution in [0.2, 0.25) is 0 Å². The van der Waals surface area contributed by atoms with Crippen molar-refractivity contribution in [3.8, 4) is 5.75 Å². The Labute approximate surface area is 87.0 Å². The van der Waals surface area contributed by atoms with Gasteiger partial charge in [0.2, 0.25) is 5.78 Å². The van der Waals surface area contributed by atoms with Gasteiger partial charge in [-0.3, -0.25) is 9.78 Å². The highest BCUT2D eigenvalue weighted by molar-refractivity contribution is 6.07. The summed E-state index contributed by atoms with van der Waals surface area (Å²) in [6, 6.07) is 11.4. The van der Waals surface area contributed by atoms with Crippen molar-refractivity contribution in [3.05, 3.63) is 59.9 Å². The molecule has 0 spiro atoms. The number of pyridine rings is 1. The Morgan fingerprint density at radius 2 is 2.00 bits per heavy atom. The summed E-state index contributed by atoms with van der Waals surface area (Å²) in [4.78, 5) is 15.8. The largest absolute Gasteiger partial charge is 0.508 e. The molecule has 1 heterocycles. The van der Waals surface area contributed by atoms with Crippen molar-refractivity contribution in [1.29, 1.82) is 0 Å². The zero-order valence-electron chi connectivity index (χ0n) is 7.92. The molecule has 1 aromatic carbocycles. The van der Waals surface area contributed by atoms with E-state index >= 15 is 0 Å². The molecule has 0 radical (unpaired) electrons. The molecule has 0 amide bonds. The van der Waals surface area contributed by atoms with E-state index in [9.17, 15) is 9.90 Å². The zero-order chi connectivity index (χ0) is 10.7. The Hall–Kier alpha value is -2.16. The summed E-state index contributed by atoms with van der Waals surface area (Å²) in [6.07, 6.45) is 1.57. The molecule has 0 saturated carbocycles. The van der Waals surface area contributed by atoms with Crippen molar-refractivity contribution >= 4 is 5.78 Å². The third-order valence-corrected chi connectivity index (χ3v) is 2.01. The summed E-state index contributed by atoms with van der Waals surface area (Å²) >= 11 is 0. The number of hydrogen-bond acceptors (Lipinski definition) is 3. The Bertz CT molecular complexity index is 480. The molecule has 0 aliphatic rings. The highest BCUT2D eigenvalue weighted by atomic mass is 16.3. The molecule has 0 saturated heterocycles. The van der Waals surface area contributed by atoms with Crippen molar-refractivity contribution in [2.24, 2.45) is 0 Å². The molecule has 74 valence electrons. The van der Waals surface area contributed by atoms with E-state index in [0.717, 1.165) is 0 Å². The van der Waals surface area contributed by atoms with Crippen LogP contribution < -0.4 is 0 Å². The summed E-state index contributed by atoms with van der Waals surface area (Å²) in [5.41, 5.74) is 0.816. The van der Waals surface area contributed by atoms with Gasteiger partial charge in [-0.2, -0.15) is 0 Å². The monoisotopic (exact) mass is 199 g/mol. The molecular weight excluding hydrogens is 190 g/mol. The number of phenols is 1. The molecule has 0 bridgehead atoms. The molecule has 2 rings (SSSR count). The SMILES string of the molecule is O=C(c1cccc(O)c1)c1ccccn1. The van der Waals surface area contributed by atoms with Crippen molar-refractivity contribution in [3.63, 3.8) is 0 Å². The number of benzene rings is 1. The molecule has 0 fully saturated rings. The van der Waals surface area contributed by atoms with Crippen LogP contribution in [0.4, 0.5) is 0 Å². The zero-order valence-corrected chi connectivity index (χ0v) is 7.92. The summed E-state index contributed by atoms with van der Waals surface area (Å²) in [6.45, 7) is 0. The van der Waals surface area contributed by atoms with E-state index in [1.807, 2.05) is 0 Å². The standard InChI is InChI=1S/C12H9NO2/c14-10-5-3-4-9(8-10)12(15)11-6-1-2-7-13-11/h1-8,14H. The van der Waals surface area contributed by atoms with E-state index < -0.39 is 0 Å². The minimum Gasteiger partial charge on any atom is -0.508 e. The fourth-order valence-corrected chi connectivity index (χ4v) is 1.29. The minimum absolute atomic E-state index is 0.0804. The molecular formula is C12H9NO2. The van der Waals surface area contributed by atoms with Crippen molar-refractivity contribution < 1.29 is 9.90 Å². The molecule has 2 aromatic rings. The third kappa shape index (κ3) is 2.02. The number of carbonyl (C=O) groups excluding carboxylic acids is 1. The fourth-order valence-electron chi connectivity index (χ4n) is 1.29. The van der Waals surface area contributed by atoms with Gasteiger partial charge in [0, 0.05) is 11.8 Å². The first-order valence-electron chi connectivity index (χ1n) is 4.52. The molecule has 0 unspecified atom stereocenters. The average molecular weight is 199 g/mol. The molecule has 15 heavy (non-hydrogen) atoms. The van der Waals surface area contributed by atoms with Crippen LogP contribution in [-0.2, 0) is 0 Å². The van der Waals surface area contributed by atoms with Gasteiger partial charge < -0.3 is 5.11 Å². The third-order valence-electron chi connectivity index (χ3n) is 2.01. The van der Waals surface area contributed by atoms with E-state index in [1.54, 1.807) is 36.5 Å². The first-order valence-corrected chi connectivity index (χ1v) is 4.52. The lowest BCUT2D eigenvalue weighted by Gasteiger charge is -2.00. The summed E-state index contributed by atoms with van der Waals surface area (Å²) in [5, 5.41) is 9.24. The normalized spacial score (nSPS) is 9.87. The predicted molar refractivity (Wildman–Crippen MR) is 55.8 cm³/mol. The maximum atomic E-state index is 11.8. The van der Waals surface area contributed by atoms with Gasteiger partial charge >= 0.3 is 0 Å². The van der Waals surface area contributed by atoms with Crippen molar-refractivity contribution in [2.45, 2.75) is 0 Å². The number of phenolic OH excluding ortho intramolecular Hbond substituents is 1. The van der Waals surface area contributed by atoms with Gasteiger partial charge in [0.15, 0.2) is 0 Å². The fraction of sp³-hybridized carbons (Fsp3) is 0. The molecule has 3 heteroatoms. The minimum atomic E-state index is -0.188. The van der Waals surface area contributed by atoms with E-state index in [4.69, 9.17) is 0 Å². The Morgan fingerprint density at radius 3 is 2.67 bits per heavy atom. The number of nitrogens with zero attached hydrogens (tertiary/aromatic N) is 1. The van der Waals surface area contributed by atoms with Crippen LogP contribution in [0.15, 0.2) is 48.7 Å². The van der Waals surface area contributed by atoms with Gasteiger partial charge in [-0.05, 0) is 24.3 Å². The number of ketones is 1. The highest BCUT2D eigenvalue weighted by Gasteiger charge is 2.09. The quantitative estimate of drug-likeness (QED) is 0.753. The molecule has 0 atom stereocenters. The maximum Gasteiger partial charge on any atom is 0.211 e. The first-order chi connectivity index (χ1) is 7.27. The van der Waals surface area contributed by atoms with Crippen molar-refractivity contribution in [2.75, 3.05) is 0 Å². The number of aromatic hydroxyl groups is 1. The number of hydrogen-bond donors (Lipinski definition) is 1. The van der Waals surface area contributed by atoms with Crippen LogP contribution in [0.5, 0.6) is 5.75 Å². The van der Waals surface area contributed by atoms with Crippen LogP contribution in [0, 0.1) is 0 Å². The average Bonchev–Trinajstić information content (AvgIpc) is 2.29. The Morgan fingerprint density at radius 1 is 1.13 bits per heavy atom. The summed E-state index contributed by atoms with van der Waals surface area (Å²) < 4.78 is 0. The van der Waals surface area contributed by atoms with E-state index in [2.05, 4.69) is 4.98 Å². The Kier molecular flexibility index (Phi) is 2.46. The molecule has 0 aliphatic carbocycles. The smallest absolute Gasteiger partial charge is 0.211 e. The summed E-state index contributed by atoms with van der Waals surface area (Å²) in [5.74, 6) is -0.108. The van der Waals surface area contributed by atoms with E-state index in [0.29, 0.717) is 11.3 Å². The van der Waals surface area contributed by atoms with Gasteiger partial charge in [0.25, 0.3) is 0 Å².